The highest BCUT2D eigenvalue weighted by molar-refractivity contribution is 7.71. The lowest BCUT2D eigenvalue weighted by Crippen LogP contribution is -2.33. The van der Waals surface area contributed by atoms with Crippen LogP contribution in [0.4, 0.5) is 11.8 Å². The number of fused-ring (bicyclic) bond motifs is 2. The first-order valence-electron chi connectivity index (χ1n) is 8.65. The van der Waals surface area contributed by atoms with Gasteiger partial charge in [0, 0.05) is 0 Å². The van der Waals surface area contributed by atoms with Crippen molar-refractivity contribution in [3.63, 3.8) is 0 Å². The molecule has 0 radical (unpaired) electrons. The van der Waals surface area contributed by atoms with Crippen molar-refractivity contribution in [3.05, 3.63) is 23.6 Å². The Bertz CT molecular complexity index is 1240. The van der Waals surface area contributed by atoms with Crippen LogP contribution >= 0.6 is 12.2 Å². The summed E-state index contributed by atoms with van der Waals surface area (Å²) >= 11 is 4.91. The Labute approximate surface area is 172 Å². The minimum absolute atomic E-state index is 0.218. The van der Waals surface area contributed by atoms with Gasteiger partial charge in [0.05, 0.1) is 19.3 Å². The summed E-state index contributed by atoms with van der Waals surface area (Å²) < 4.78 is 7.29. The lowest BCUT2D eigenvalue weighted by atomic mass is 10.1. The third kappa shape index (κ3) is 3.44. The summed E-state index contributed by atoms with van der Waals surface area (Å²) in [5.41, 5.74) is 13.2. The second kappa shape index (κ2) is 7.88. The van der Waals surface area contributed by atoms with Crippen LogP contribution in [0, 0.1) is 4.64 Å². The number of nitrogen functional groups attached to an aromatic ring is 2. The van der Waals surface area contributed by atoms with Crippen LogP contribution in [-0.4, -0.2) is 79.7 Å². The number of rotatable bonds is 2. The highest BCUT2D eigenvalue weighted by atomic mass is 32.1. The summed E-state index contributed by atoms with van der Waals surface area (Å²) in [7, 11) is 0. The number of aromatic amines is 2. The Morgan fingerprint density at radius 1 is 1.17 bits per heavy atom. The summed E-state index contributed by atoms with van der Waals surface area (Å²) in [4.78, 5) is 25.3. The van der Waals surface area contributed by atoms with Gasteiger partial charge in [0.15, 0.2) is 28.0 Å². The number of nitrogens with one attached hydrogen (secondary N) is 2. The third-order valence-corrected chi connectivity index (χ3v) is 4.80. The predicted molar refractivity (Wildman–Crippen MR) is 106 cm³/mol. The number of hydrogen-bond donors (Lipinski definition) is 7. The molecule has 14 nitrogen and oxygen atoms in total. The van der Waals surface area contributed by atoms with Crippen molar-refractivity contribution in [2.75, 3.05) is 18.1 Å². The Morgan fingerprint density at radius 3 is 2.70 bits per heavy atom. The second-order valence-electron chi connectivity index (χ2n) is 6.37. The van der Waals surface area contributed by atoms with Crippen molar-refractivity contribution >= 4 is 46.3 Å². The minimum Gasteiger partial charge on any atom is -0.394 e. The molecule has 158 valence electrons. The predicted octanol–water partition coefficient (Wildman–Crippen LogP) is -1.38. The zero-order valence-corrected chi connectivity index (χ0v) is 16.1. The largest absolute Gasteiger partial charge is 0.394 e. The van der Waals surface area contributed by atoms with Gasteiger partial charge in [-0.2, -0.15) is 0 Å². The van der Waals surface area contributed by atoms with Gasteiger partial charge in [-0.25, -0.2) is 24.9 Å². The molecule has 9 N–H and O–H groups in total. The maximum absolute atomic E-state index is 9.95. The van der Waals surface area contributed by atoms with Crippen molar-refractivity contribution in [1.82, 2.24) is 39.5 Å². The van der Waals surface area contributed by atoms with Gasteiger partial charge in [-0.1, -0.05) is 12.2 Å². The van der Waals surface area contributed by atoms with Crippen molar-refractivity contribution in [2.45, 2.75) is 24.5 Å². The number of anilines is 2. The highest BCUT2D eigenvalue weighted by Crippen LogP contribution is 2.31. The molecule has 1 aliphatic rings. The van der Waals surface area contributed by atoms with Crippen LogP contribution in [-0.2, 0) is 4.74 Å². The third-order valence-electron chi connectivity index (χ3n) is 4.50. The number of ether oxygens (including phenoxy) is 1. The Hall–Kier alpha value is -3.24. The van der Waals surface area contributed by atoms with E-state index in [2.05, 4.69) is 34.9 Å². The molecule has 4 aromatic rings. The number of hydrogen-bond acceptors (Lipinski definition) is 12. The molecule has 0 aliphatic carbocycles. The first-order valence-corrected chi connectivity index (χ1v) is 9.06. The molecule has 1 fully saturated rings. The molecule has 0 saturated carbocycles. The fraction of sp³-hybridized carbons (Fsp3) is 0.333. The number of aliphatic hydroxyl groups excluding tert-OH is 3. The normalized spacial score (nSPS) is 23.6. The van der Waals surface area contributed by atoms with E-state index in [4.69, 9.17) is 33.5 Å². The zero-order valence-electron chi connectivity index (χ0n) is 15.2. The summed E-state index contributed by atoms with van der Waals surface area (Å²) in [6.07, 6.45) is 0.117. The van der Waals surface area contributed by atoms with E-state index in [0.29, 0.717) is 27.0 Å². The van der Waals surface area contributed by atoms with E-state index in [-0.39, 0.29) is 11.8 Å². The Kier molecular flexibility index (Phi) is 5.27. The smallest absolute Gasteiger partial charge is 0.200 e. The van der Waals surface area contributed by atoms with Crippen LogP contribution in [0.1, 0.15) is 6.23 Å². The molecule has 0 aromatic carbocycles. The quantitative estimate of drug-likeness (QED) is 0.181. The van der Waals surface area contributed by atoms with Gasteiger partial charge in [-0.05, 0) is 0 Å². The zero-order chi connectivity index (χ0) is 21.4. The van der Waals surface area contributed by atoms with E-state index in [1.807, 2.05) is 0 Å². The van der Waals surface area contributed by atoms with E-state index in [1.54, 1.807) is 0 Å². The molecule has 0 bridgehead atoms. The van der Waals surface area contributed by atoms with E-state index in [0.717, 1.165) is 0 Å². The standard InChI is InChI=1S/C10H13N5O4.C5H5N5S/c11-8-5-9(13-2-12-8)15(3-14-5)10-7(18)6(17)4(1-16)19-10;6-5-9-3-2(4(11)10-5)7-1-8-3/h2-4,6-7,10,16-18H,1H2,(H2,11,12,13);1H,(H4,6,7,8,9,10,11)/t4-,6-,7-,10-;/m1./s1. The van der Waals surface area contributed by atoms with Crippen molar-refractivity contribution in [2.24, 2.45) is 0 Å². The first kappa shape index (κ1) is 20.0. The van der Waals surface area contributed by atoms with Gasteiger partial charge >= 0.3 is 0 Å². The van der Waals surface area contributed by atoms with Gasteiger partial charge in [0.2, 0.25) is 5.95 Å². The molecule has 4 aromatic heterocycles. The van der Waals surface area contributed by atoms with Crippen LogP contribution in [0.25, 0.3) is 22.3 Å². The molecule has 5 heterocycles. The number of H-pyrrole nitrogens is 2. The maximum atomic E-state index is 9.95. The van der Waals surface area contributed by atoms with Gasteiger partial charge < -0.3 is 41.5 Å². The highest BCUT2D eigenvalue weighted by Gasteiger charge is 2.43. The van der Waals surface area contributed by atoms with Crippen molar-refractivity contribution in [3.8, 4) is 0 Å². The number of aromatic nitrogens is 8. The molecule has 0 unspecified atom stereocenters. The van der Waals surface area contributed by atoms with E-state index in [1.165, 1.54) is 23.5 Å². The van der Waals surface area contributed by atoms with E-state index >= 15 is 0 Å². The van der Waals surface area contributed by atoms with Gasteiger partial charge in [0.1, 0.15) is 35.7 Å². The number of nitrogens with zero attached hydrogens (tertiary/aromatic N) is 6. The van der Waals surface area contributed by atoms with E-state index < -0.39 is 31.1 Å². The molecule has 4 atom stereocenters. The molecule has 5 rings (SSSR count). The molecule has 15 heteroatoms. The molecule has 0 spiro atoms. The molecule has 1 aliphatic heterocycles. The van der Waals surface area contributed by atoms with Crippen molar-refractivity contribution < 1.29 is 20.1 Å². The van der Waals surface area contributed by atoms with Crippen LogP contribution in [0.3, 0.4) is 0 Å². The SMILES string of the molecule is Nc1nc(=S)c2[nH]cnc2[nH]1.Nc1ncnc2c1ncn2[C@@H]1O[C@H](CO)[C@@H](O)[C@H]1O. The summed E-state index contributed by atoms with van der Waals surface area (Å²) in [6, 6.07) is 0. The number of imidazole rings is 2. The van der Waals surface area contributed by atoms with E-state index in [9.17, 15) is 10.2 Å². The van der Waals surface area contributed by atoms with Crippen LogP contribution < -0.4 is 11.5 Å². The average Bonchev–Trinajstić information content (AvgIpc) is 3.42. The topological polar surface area (TPSA) is 223 Å². The van der Waals surface area contributed by atoms with Crippen LogP contribution in [0.15, 0.2) is 19.0 Å². The fourth-order valence-corrected chi connectivity index (χ4v) is 3.29. The van der Waals surface area contributed by atoms with Gasteiger partial charge in [-0.3, -0.25) is 4.57 Å². The molecular formula is C15H18N10O4S. The Morgan fingerprint density at radius 2 is 1.97 bits per heavy atom. The average molecular weight is 434 g/mol. The van der Waals surface area contributed by atoms with Gasteiger partial charge in [-0.15, -0.1) is 0 Å². The molecule has 0 amide bonds. The minimum atomic E-state index is -1.19. The molecule has 1 saturated heterocycles. The van der Waals surface area contributed by atoms with Crippen LogP contribution in [0.5, 0.6) is 0 Å². The lowest BCUT2D eigenvalue weighted by Gasteiger charge is -2.16. The fourth-order valence-electron chi connectivity index (χ4n) is 3.03. The number of nitrogens with two attached hydrogens (primary N) is 2. The summed E-state index contributed by atoms with van der Waals surface area (Å²) in [5, 5.41) is 28.7. The summed E-state index contributed by atoms with van der Waals surface area (Å²) in [5.74, 6) is 0.505. The number of aliphatic hydroxyl groups is 3. The first-order chi connectivity index (χ1) is 14.4. The summed E-state index contributed by atoms with van der Waals surface area (Å²) in [6.45, 7) is -0.390. The maximum Gasteiger partial charge on any atom is 0.200 e. The van der Waals surface area contributed by atoms with Crippen LogP contribution in [0.2, 0.25) is 0 Å². The lowest BCUT2D eigenvalue weighted by molar-refractivity contribution is -0.0511. The van der Waals surface area contributed by atoms with Gasteiger partial charge in [0.25, 0.3) is 0 Å². The molecule has 30 heavy (non-hydrogen) atoms. The Balaban J connectivity index is 0.000000168. The molecular weight excluding hydrogens is 416 g/mol. The monoisotopic (exact) mass is 434 g/mol. The van der Waals surface area contributed by atoms with Crippen molar-refractivity contribution in [1.29, 1.82) is 0 Å². The second-order valence-corrected chi connectivity index (χ2v) is 6.75.